The number of rotatable bonds is 35. The number of nitrogens with one attached hydrogen (secondary N) is 1. The minimum absolute atomic E-state index is 0.289. The Bertz CT molecular complexity index is 958. The molecule has 10 nitrogen and oxygen atoms in total. The van der Waals surface area contributed by atoms with E-state index in [9.17, 15) is 35.4 Å². The van der Waals surface area contributed by atoms with Gasteiger partial charge in [0.15, 0.2) is 6.29 Å². The van der Waals surface area contributed by atoms with Crippen molar-refractivity contribution in [1.29, 1.82) is 0 Å². The first kappa shape index (κ1) is 50.4. The van der Waals surface area contributed by atoms with Gasteiger partial charge in [-0.1, -0.05) is 153 Å². The number of carbonyl (C=O) groups excluding carboxylic acids is 1. The molecule has 10 heteroatoms. The number of unbranched alkanes of at least 4 members (excludes halogenated alkanes) is 20. The zero-order valence-electron chi connectivity index (χ0n) is 34.1. The van der Waals surface area contributed by atoms with E-state index in [1.165, 1.54) is 96.3 Å². The molecule has 1 aliphatic heterocycles. The Labute approximate surface area is 328 Å². The van der Waals surface area contributed by atoms with Gasteiger partial charge in [-0.2, -0.15) is 0 Å². The fourth-order valence-electron chi connectivity index (χ4n) is 6.64. The van der Waals surface area contributed by atoms with Crippen LogP contribution in [0.2, 0.25) is 0 Å². The molecule has 1 rings (SSSR count). The van der Waals surface area contributed by atoms with Gasteiger partial charge in [0.25, 0.3) is 0 Å². The minimum Gasteiger partial charge on any atom is -0.394 e. The summed E-state index contributed by atoms with van der Waals surface area (Å²) in [5.74, 6) is -0.637. The molecule has 0 aromatic carbocycles. The number of allylic oxidation sites excluding steroid dienone is 5. The van der Waals surface area contributed by atoms with Gasteiger partial charge in [0.1, 0.15) is 30.5 Å². The Kier molecular flexibility index (Phi) is 32.3. The van der Waals surface area contributed by atoms with E-state index in [2.05, 4.69) is 43.5 Å². The summed E-state index contributed by atoms with van der Waals surface area (Å²) in [5, 5.41) is 64.5. The van der Waals surface area contributed by atoms with Crippen molar-refractivity contribution in [1.82, 2.24) is 5.32 Å². The van der Waals surface area contributed by atoms with Gasteiger partial charge in [0, 0.05) is 0 Å². The number of hydrogen-bond donors (Lipinski definition) is 7. The van der Waals surface area contributed by atoms with Crippen LogP contribution >= 0.6 is 0 Å². The lowest BCUT2D eigenvalue weighted by atomic mass is 9.99. The molecule has 8 unspecified atom stereocenters. The van der Waals surface area contributed by atoms with Crippen molar-refractivity contribution >= 4 is 5.91 Å². The molecule has 1 saturated heterocycles. The Hall–Kier alpha value is -1.63. The highest BCUT2D eigenvalue weighted by molar-refractivity contribution is 5.80. The lowest BCUT2D eigenvalue weighted by molar-refractivity contribution is -0.302. The first-order valence-electron chi connectivity index (χ1n) is 21.8. The molecule has 1 amide bonds. The lowest BCUT2D eigenvalue weighted by Gasteiger charge is -2.40. The molecule has 0 radical (unpaired) electrons. The molecule has 1 fully saturated rings. The molecule has 316 valence electrons. The highest BCUT2D eigenvalue weighted by Crippen LogP contribution is 2.22. The van der Waals surface area contributed by atoms with Crippen molar-refractivity contribution in [2.45, 2.75) is 223 Å². The predicted molar refractivity (Wildman–Crippen MR) is 218 cm³/mol. The third-order valence-corrected chi connectivity index (χ3v) is 10.3. The fraction of sp³-hybridized carbons (Fsp3) is 0.841. The number of aliphatic hydroxyl groups excluding tert-OH is 6. The van der Waals surface area contributed by atoms with E-state index in [-0.39, 0.29) is 13.0 Å². The molecule has 54 heavy (non-hydrogen) atoms. The average Bonchev–Trinajstić information content (AvgIpc) is 3.17. The average molecular weight is 768 g/mol. The summed E-state index contributed by atoms with van der Waals surface area (Å²) in [6, 6.07) is -0.999. The first-order valence-corrected chi connectivity index (χ1v) is 21.8. The van der Waals surface area contributed by atoms with Crippen LogP contribution in [0, 0.1) is 0 Å². The summed E-state index contributed by atoms with van der Waals surface area (Å²) in [4.78, 5) is 13.0. The standard InChI is InChI=1S/C44H81NO9/c1-3-5-7-9-11-13-15-17-19-21-23-25-27-29-31-33-38(48)43(52)45-36(35-53-44-42(51)41(50)40(49)39(34-46)54-44)37(47)32-30-28-26-24-22-20-18-16-14-12-10-8-6-4-2/h19,21-22,24,30,32,36-42,44,46-51H,3-18,20,23,25-29,31,33-35H2,1-2H3,(H,45,52)/b21-19-,24-22+,32-30+. The SMILES string of the molecule is CCCCCCCCC/C=C\CCCCCCC(O)C(=O)NC(COC1OC(CO)C(O)C(O)C1O)C(O)/C=C/CC/C=C/CCCCCCCCCC. The lowest BCUT2D eigenvalue weighted by Crippen LogP contribution is -2.60. The maximum Gasteiger partial charge on any atom is 0.249 e. The zero-order chi connectivity index (χ0) is 39.7. The van der Waals surface area contributed by atoms with Crippen LogP contribution in [0.25, 0.3) is 0 Å². The normalized spacial score (nSPS) is 22.4. The van der Waals surface area contributed by atoms with Crippen LogP contribution in [0.3, 0.4) is 0 Å². The highest BCUT2D eigenvalue weighted by Gasteiger charge is 2.44. The van der Waals surface area contributed by atoms with Crippen LogP contribution in [0.15, 0.2) is 36.5 Å². The zero-order valence-corrected chi connectivity index (χ0v) is 34.1. The van der Waals surface area contributed by atoms with E-state index in [4.69, 9.17) is 9.47 Å². The van der Waals surface area contributed by atoms with Crippen molar-refractivity contribution in [2.75, 3.05) is 13.2 Å². The van der Waals surface area contributed by atoms with E-state index in [0.717, 1.165) is 44.9 Å². The topological polar surface area (TPSA) is 169 Å². The predicted octanol–water partition coefficient (Wildman–Crippen LogP) is 7.47. The van der Waals surface area contributed by atoms with E-state index in [1.54, 1.807) is 6.08 Å². The Morgan fingerprint density at radius 1 is 0.630 bits per heavy atom. The Balaban J connectivity index is 2.49. The summed E-state index contributed by atoms with van der Waals surface area (Å²) in [5.41, 5.74) is 0. The van der Waals surface area contributed by atoms with Crippen molar-refractivity contribution in [3.05, 3.63) is 36.5 Å². The summed E-state index contributed by atoms with van der Waals surface area (Å²) in [7, 11) is 0. The van der Waals surface area contributed by atoms with Gasteiger partial charge in [-0.05, 0) is 57.8 Å². The first-order chi connectivity index (χ1) is 26.3. The molecule has 0 aromatic heterocycles. The van der Waals surface area contributed by atoms with E-state index < -0.39 is 61.5 Å². The minimum atomic E-state index is -1.62. The molecule has 8 atom stereocenters. The monoisotopic (exact) mass is 768 g/mol. The quantitative estimate of drug-likeness (QED) is 0.0256. The molecule has 0 saturated carbocycles. The van der Waals surface area contributed by atoms with Crippen LogP contribution in [0.5, 0.6) is 0 Å². The van der Waals surface area contributed by atoms with Crippen LogP contribution in [-0.2, 0) is 14.3 Å². The molecule has 1 heterocycles. The smallest absolute Gasteiger partial charge is 0.249 e. The summed E-state index contributed by atoms with van der Waals surface area (Å²) in [6.45, 7) is 3.55. The van der Waals surface area contributed by atoms with Gasteiger partial charge in [0.05, 0.1) is 25.4 Å². The van der Waals surface area contributed by atoms with Gasteiger partial charge in [-0.3, -0.25) is 4.79 Å². The van der Waals surface area contributed by atoms with Gasteiger partial charge in [0.2, 0.25) is 5.91 Å². The van der Waals surface area contributed by atoms with Gasteiger partial charge in [-0.15, -0.1) is 0 Å². The molecule has 0 bridgehead atoms. The molecule has 7 N–H and O–H groups in total. The van der Waals surface area contributed by atoms with E-state index in [0.29, 0.717) is 12.8 Å². The Morgan fingerprint density at radius 3 is 1.61 bits per heavy atom. The number of aliphatic hydroxyl groups is 6. The third kappa shape index (κ3) is 24.8. The largest absolute Gasteiger partial charge is 0.394 e. The van der Waals surface area contributed by atoms with E-state index in [1.807, 2.05) is 6.08 Å². The number of amides is 1. The molecule has 1 aliphatic rings. The molecule has 0 spiro atoms. The van der Waals surface area contributed by atoms with Gasteiger partial charge in [-0.25, -0.2) is 0 Å². The van der Waals surface area contributed by atoms with Crippen molar-refractivity contribution in [2.24, 2.45) is 0 Å². The molecule has 0 aliphatic carbocycles. The van der Waals surface area contributed by atoms with E-state index >= 15 is 0 Å². The Morgan fingerprint density at radius 2 is 1.09 bits per heavy atom. The second kappa shape index (κ2) is 34.6. The third-order valence-electron chi connectivity index (χ3n) is 10.3. The number of hydrogen-bond acceptors (Lipinski definition) is 9. The van der Waals surface area contributed by atoms with Crippen LogP contribution in [0.1, 0.15) is 174 Å². The maximum atomic E-state index is 13.0. The van der Waals surface area contributed by atoms with Crippen molar-refractivity contribution in [3.63, 3.8) is 0 Å². The molecular weight excluding hydrogens is 686 g/mol. The maximum absolute atomic E-state index is 13.0. The summed E-state index contributed by atoms with van der Waals surface area (Å²) >= 11 is 0. The fourth-order valence-corrected chi connectivity index (χ4v) is 6.64. The number of ether oxygens (including phenoxy) is 2. The van der Waals surface area contributed by atoms with Crippen LogP contribution in [0.4, 0.5) is 0 Å². The second-order valence-corrected chi connectivity index (χ2v) is 15.3. The van der Waals surface area contributed by atoms with Crippen molar-refractivity contribution in [3.8, 4) is 0 Å². The van der Waals surface area contributed by atoms with Crippen molar-refractivity contribution < 1.29 is 44.9 Å². The summed E-state index contributed by atoms with van der Waals surface area (Å²) in [6.07, 6.45) is 30.9. The molecule has 0 aromatic rings. The summed E-state index contributed by atoms with van der Waals surface area (Å²) < 4.78 is 11.1. The highest BCUT2D eigenvalue weighted by atomic mass is 16.7. The van der Waals surface area contributed by atoms with Crippen LogP contribution in [-0.4, -0.2) is 98.7 Å². The molecular formula is C44H81NO9. The van der Waals surface area contributed by atoms with Gasteiger partial charge < -0.3 is 45.4 Å². The second-order valence-electron chi connectivity index (χ2n) is 15.3. The van der Waals surface area contributed by atoms with Gasteiger partial charge >= 0.3 is 0 Å². The number of carbonyl (C=O) groups is 1. The van der Waals surface area contributed by atoms with Crippen LogP contribution < -0.4 is 5.32 Å².